The van der Waals surface area contributed by atoms with Gasteiger partial charge >= 0.3 is 6.18 Å². The first-order valence-electron chi connectivity index (χ1n) is 4.80. The van der Waals surface area contributed by atoms with E-state index in [4.69, 9.17) is 0 Å². The molecule has 0 heterocycles. The third-order valence-corrected chi connectivity index (χ3v) is 2.28. The van der Waals surface area contributed by atoms with Crippen molar-refractivity contribution in [1.29, 1.82) is 0 Å². The summed E-state index contributed by atoms with van der Waals surface area (Å²) in [4.78, 5) is 0. The molecule has 0 saturated heterocycles. The van der Waals surface area contributed by atoms with E-state index in [0.717, 1.165) is 6.07 Å². The van der Waals surface area contributed by atoms with Gasteiger partial charge in [-0.2, -0.15) is 13.2 Å². The fraction of sp³-hybridized carbons (Fsp3) is 0.455. The Balaban J connectivity index is 3.23. The van der Waals surface area contributed by atoms with Gasteiger partial charge in [0.25, 0.3) is 0 Å². The molecule has 1 rings (SSSR count). The molecule has 1 aromatic rings. The van der Waals surface area contributed by atoms with E-state index in [9.17, 15) is 27.8 Å². The van der Waals surface area contributed by atoms with E-state index >= 15 is 0 Å². The standard InChI is InChI=1S/C11H12F4O2/c1-10(2,17)9(16)6-3-4-8(12)7(5-6)11(13,14)15/h3-5,9,16-17H,1-2H3. The van der Waals surface area contributed by atoms with Gasteiger partial charge in [-0.15, -0.1) is 0 Å². The van der Waals surface area contributed by atoms with Gasteiger partial charge in [0.15, 0.2) is 0 Å². The summed E-state index contributed by atoms with van der Waals surface area (Å²) in [6, 6.07) is 2.12. The lowest BCUT2D eigenvalue weighted by Gasteiger charge is -2.25. The molecule has 1 atom stereocenters. The van der Waals surface area contributed by atoms with Gasteiger partial charge < -0.3 is 10.2 Å². The van der Waals surface area contributed by atoms with Crippen LogP contribution in [0.1, 0.15) is 31.1 Å². The van der Waals surface area contributed by atoms with Gasteiger partial charge in [-0.25, -0.2) is 4.39 Å². The fourth-order valence-corrected chi connectivity index (χ4v) is 1.34. The normalized spacial score (nSPS) is 14.8. The minimum absolute atomic E-state index is 0.189. The predicted molar refractivity (Wildman–Crippen MR) is 52.7 cm³/mol. The smallest absolute Gasteiger partial charge is 0.387 e. The number of alkyl halides is 3. The van der Waals surface area contributed by atoms with E-state index in [-0.39, 0.29) is 5.56 Å². The van der Waals surface area contributed by atoms with Crippen LogP contribution in [-0.4, -0.2) is 15.8 Å². The highest BCUT2D eigenvalue weighted by Gasteiger charge is 2.36. The number of hydrogen-bond donors (Lipinski definition) is 2. The van der Waals surface area contributed by atoms with E-state index in [1.807, 2.05) is 0 Å². The third-order valence-electron chi connectivity index (χ3n) is 2.28. The summed E-state index contributed by atoms with van der Waals surface area (Å²) in [5, 5.41) is 19.1. The highest BCUT2D eigenvalue weighted by atomic mass is 19.4. The maximum absolute atomic E-state index is 13.0. The Labute approximate surface area is 95.5 Å². The van der Waals surface area contributed by atoms with Crippen LogP contribution < -0.4 is 0 Å². The Kier molecular flexibility index (Phi) is 3.50. The SMILES string of the molecule is CC(C)(O)C(O)c1ccc(F)c(C(F)(F)F)c1. The first-order chi connectivity index (χ1) is 7.53. The van der Waals surface area contributed by atoms with Crippen molar-refractivity contribution in [1.82, 2.24) is 0 Å². The second-order valence-corrected chi connectivity index (χ2v) is 4.29. The van der Waals surface area contributed by atoms with Crippen molar-refractivity contribution in [3.05, 3.63) is 35.1 Å². The molecule has 1 unspecified atom stereocenters. The lowest BCUT2D eigenvalue weighted by molar-refractivity contribution is -0.140. The van der Waals surface area contributed by atoms with Gasteiger partial charge in [-0.1, -0.05) is 6.07 Å². The van der Waals surface area contributed by atoms with Crippen LogP contribution in [0.4, 0.5) is 17.6 Å². The number of benzene rings is 1. The van der Waals surface area contributed by atoms with Gasteiger partial charge in [0.1, 0.15) is 11.9 Å². The van der Waals surface area contributed by atoms with Crippen LogP contribution >= 0.6 is 0 Å². The van der Waals surface area contributed by atoms with E-state index < -0.39 is 29.3 Å². The maximum Gasteiger partial charge on any atom is 0.419 e. The van der Waals surface area contributed by atoms with Crippen LogP contribution in [-0.2, 0) is 6.18 Å². The van der Waals surface area contributed by atoms with Crippen molar-refractivity contribution in [3.63, 3.8) is 0 Å². The van der Waals surface area contributed by atoms with Crippen LogP contribution in [0.15, 0.2) is 18.2 Å². The van der Waals surface area contributed by atoms with Crippen molar-refractivity contribution in [3.8, 4) is 0 Å². The summed E-state index contributed by atoms with van der Waals surface area (Å²) < 4.78 is 50.2. The average molecular weight is 252 g/mol. The summed E-state index contributed by atoms with van der Waals surface area (Å²) in [6.07, 6.45) is -6.36. The number of halogens is 4. The first kappa shape index (κ1) is 13.9. The van der Waals surface area contributed by atoms with Crippen molar-refractivity contribution in [2.24, 2.45) is 0 Å². The molecule has 0 aliphatic carbocycles. The third kappa shape index (κ3) is 3.17. The van der Waals surface area contributed by atoms with Crippen LogP contribution in [0.25, 0.3) is 0 Å². The lowest BCUT2D eigenvalue weighted by Crippen LogP contribution is -2.29. The zero-order valence-corrected chi connectivity index (χ0v) is 9.22. The molecule has 0 bridgehead atoms. The molecule has 17 heavy (non-hydrogen) atoms. The molecule has 0 aliphatic rings. The quantitative estimate of drug-likeness (QED) is 0.794. The topological polar surface area (TPSA) is 40.5 Å². The maximum atomic E-state index is 13.0. The van der Waals surface area contributed by atoms with Gasteiger partial charge in [-0.3, -0.25) is 0 Å². The summed E-state index contributed by atoms with van der Waals surface area (Å²) in [7, 11) is 0. The molecule has 0 radical (unpaired) electrons. The Hall–Kier alpha value is -1.14. The van der Waals surface area contributed by atoms with Gasteiger partial charge in [0, 0.05) is 0 Å². The van der Waals surface area contributed by atoms with Crippen LogP contribution in [0.5, 0.6) is 0 Å². The summed E-state index contributed by atoms with van der Waals surface area (Å²) in [5.41, 5.74) is -3.26. The zero-order valence-electron chi connectivity index (χ0n) is 9.22. The molecule has 0 saturated carbocycles. The second kappa shape index (κ2) is 4.27. The van der Waals surface area contributed by atoms with Gasteiger partial charge in [-0.05, 0) is 31.5 Å². The molecular formula is C11H12F4O2. The minimum atomic E-state index is -4.83. The Bertz CT molecular complexity index is 407. The minimum Gasteiger partial charge on any atom is -0.387 e. The number of aliphatic hydroxyl groups is 2. The van der Waals surface area contributed by atoms with Gasteiger partial charge in [0.05, 0.1) is 11.2 Å². The molecule has 0 aromatic heterocycles. The van der Waals surface area contributed by atoms with E-state index in [2.05, 4.69) is 0 Å². The molecule has 1 aromatic carbocycles. The number of rotatable bonds is 2. The Morgan fingerprint density at radius 2 is 1.71 bits per heavy atom. The van der Waals surface area contributed by atoms with Crippen molar-refractivity contribution in [2.75, 3.05) is 0 Å². The highest BCUT2D eigenvalue weighted by molar-refractivity contribution is 5.29. The first-order valence-corrected chi connectivity index (χ1v) is 4.80. The Morgan fingerprint density at radius 3 is 2.12 bits per heavy atom. The molecule has 96 valence electrons. The monoisotopic (exact) mass is 252 g/mol. The van der Waals surface area contributed by atoms with Crippen LogP contribution in [0.2, 0.25) is 0 Å². The van der Waals surface area contributed by atoms with E-state index in [1.54, 1.807) is 0 Å². The second-order valence-electron chi connectivity index (χ2n) is 4.29. The molecule has 2 nitrogen and oxygen atoms in total. The molecule has 0 spiro atoms. The lowest BCUT2D eigenvalue weighted by atomic mass is 9.93. The molecule has 6 heteroatoms. The molecule has 0 amide bonds. The van der Waals surface area contributed by atoms with Gasteiger partial charge in [0.2, 0.25) is 0 Å². The molecule has 0 aliphatic heterocycles. The number of aliphatic hydroxyl groups excluding tert-OH is 1. The van der Waals surface area contributed by atoms with Crippen molar-refractivity contribution in [2.45, 2.75) is 31.7 Å². The van der Waals surface area contributed by atoms with E-state index in [0.29, 0.717) is 12.1 Å². The predicted octanol–water partition coefficient (Wildman–Crippen LogP) is 2.65. The zero-order chi connectivity index (χ0) is 13.4. The number of hydrogen-bond acceptors (Lipinski definition) is 2. The molecular weight excluding hydrogens is 240 g/mol. The van der Waals surface area contributed by atoms with Crippen molar-refractivity contribution >= 4 is 0 Å². The largest absolute Gasteiger partial charge is 0.419 e. The van der Waals surface area contributed by atoms with Crippen LogP contribution in [0, 0.1) is 5.82 Å². The Morgan fingerprint density at radius 1 is 1.18 bits per heavy atom. The van der Waals surface area contributed by atoms with Crippen LogP contribution in [0.3, 0.4) is 0 Å². The van der Waals surface area contributed by atoms with Crippen molar-refractivity contribution < 1.29 is 27.8 Å². The summed E-state index contributed by atoms with van der Waals surface area (Å²) >= 11 is 0. The average Bonchev–Trinajstić information content (AvgIpc) is 2.14. The fourth-order valence-electron chi connectivity index (χ4n) is 1.34. The summed E-state index contributed by atoms with van der Waals surface area (Å²) in [5.74, 6) is -1.41. The molecule has 2 N–H and O–H groups in total. The highest BCUT2D eigenvalue weighted by Crippen LogP contribution is 2.34. The van der Waals surface area contributed by atoms with E-state index in [1.165, 1.54) is 13.8 Å². The molecule has 0 fully saturated rings. The summed E-state index contributed by atoms with van der Waals surface area (Å²) in [6.45, 7) is 2.49.